The van der Waals surface area contributed by atoms with E-state index in [-0.39, 0.29) is 19.1 Å². The molecule has 3 aromatic rings. The molecule has 2 aliphatic rings. The highest BCUT2D eigenvalue weighted by Gasteiger charge is 2.52. The van der Waals surface area contributed by atoms with E-state index in [2.05, 4.69) is 39.6 Å². The van der Waals surface area contributed by atoms with Crippen molar-refractivity contribution in [3.8, 4) is 11.1 Å². The monoisotopic (exact) mass is 524 g/mol. The van der Waals surface area contributed by atoms with Crippen molar-refractivity contribution in [1.82, 2.24) is 5.32 Å². The Morgan fingerprint density at radius 2 is 1.56 bits per heavy atom. The minimum absolute atomic E-state index is 0.0178. The van der Waals surface area contributed by atoms with Crippen molar-refractivity contribution in [1.29, 1.82) is 0 Å². The predicted molar refractivity (Wildman–Crippen MR) is 152 cm³/mol. The van der Waals surface area contributed by atoms with Crippen LogP contribution in [-0.4, -0.2) is 31.0 Å². The Kier molecular flexibility index (Phi) is 6.93. The molecule has 39 heavy (non-hydrogen) atoms. The number of ether oxygens (including phenoxy) is 1. The third kappa shape index (κ3) is 4.78. The summed E-state index contributed by atoms with van der Waals surface area (Å²) in [6, 6.07) is 18.4. The van der Waals surface area contributed by atoms with Gasteiger partial charge in [0, 0.05) is 23.1 Å². The first kappa shape index (κ1) is 26.8. The van der Waals surface area contributed by atoms with Gasteiger partial charge in [0.1, 0.15) is 6.61 Å². The van der Waals surface area contributed by atoms with Crippen molar-refractivity contribution < 1.29 is 18.8 Å². The molecule has 0 unspecified atom stereocenters. The van der Waals surface area contributed by atoms with Gasteiger partial charge in [-0.25, -0.2) is 4.79 Å². The molecule has 1 aliphatic carbocycles. The Labute approximate surface area is 229 Å². The molecule has 3 aromatic carbocycles. The molecule has 9 heteroatoms. The zero-order valence-electron chi connectivity index (χ0n) is 23.2. The van der Waals surface area contributed by atoms with Gasteiger partial charge in [-0.3, -0.25) is 0 Å². The zero-order chi connectivity index (χ0) is 27.9. The zero-order valence-corrected chi connectivity index (χ0v) is 23.2. The van der Waals surface area contributed by atoms with E-state index in [4.69, 9.17) is 14.0 Å². The van der Waals surface area contributed by atoms with Crippen LogP contribution in [0.1, 0.15) is 61.4 Å². The summed E-state index contributed by atoms with van der Waals surface area (Å²) in [5.74, 6) is -0.0178. The molecule has 1 fully saturated rings. The van der Waals surface area contributed by atoms with Gasteiger partial charge < -0.3 is 19.4 Å². The molecule has 0 atom stereocenters. The summed E-state index contributed by atoms with van der Waals surface area (Å²) in [6.45, 7) is 12.2. The summed E-state index contributed by atoms with van der Waals surface area (Å²) >= 11 is 0. The van der Waals surface area contributed by atoms with Gasteiger partial charge in [-0.2, -0.15) is 0 Å². The van der Waals surface area contributed by atoms with Crippen LogP contribution < -0.4 is 10.8 Å². The number of rotatable bonds is 6. The molecule has 1 heterocycles. The summed E-state index contributed by atoms with van der Waals surface area (Å²) in [5.41, 5.74) is 16.5. The van der Waals surface area contributed by atoms with E-state index < -0.39 is 24.4 Å². The minimum Gasteiger partial charge on any atom is -0.449 e. The Hall–Kier alpha value is -3.78. The van der Waals surface area contributed by atoms with Gasteiger partial charge in [0.2, 0.25) is 0 Å². The largest absolute Gasteiger partial charge is 0.495 e. The van der Waals surface area contributed by atoms with Crippen molar-refractivity contribution in [2.45, 2.75) is 65.2 Å². The first-order chi connectivity index (χ1) is 18.5. The average molecular weight is 524 g/mol. The fourth-order valence-corrected chi connectivity index (χ4v) is 5.38. The number of nitrogens with zero attached hydrogens (tertiary/aromatic N) is 3. The lowest BCUT2D eigenvalue weighted by molar-refractivity contribution is 0.00578. The van der Waals surface area contributed by atoms with Crippen LogP contribution >= 0.6 is 0 Å². The number of hydrogen-bond acceptors (Lipinski definition) is 5. The molecule has 1 N–H and O–H groups in total. The lowest BCUT2D eigenvalue weighted by Crippen LogP contribution is -2.41. The van der Waals surface area contributed by atoms with Crippen LogP contribution in [-0.2, 0) is 20.6 Å². The molecule has 1 saturated heterocycles. The second-order valence-electron chi connectivity index (χ2n) is 11.2. The molecule has 1 amide bonds. The van der Waals surface area contributed by atoms with E-state index in [1.165, 1.54) is 11.1 Å². The number of fused-ring (bicyclic) bond motifs is 3. The van der Waals surface area contributed by atoms with Gasteiger partial charge in [0.05, 0.1) is 11.2 Å². The molecule has 0 aromatic heterocycles. The van der Waals surface area contributed by atoms with Gasteiger partial charge in [0.25, 0.3) is 0 Å². The fraction of sp³-hybridized carbons (Fsp3) is 0.367. The van der Waals surface area contributed by atoms with Gasteiger partial charge in [-0.05, 0) is 91.5 Å². The summed E-state index contributed by atoms with van der Waals surface area (Å²) < 4.78 is 18.2. The maximum absolute atomic E-state index is 12.8. The third-order valence-electron chi connectivity index (χ3n) is 8.37. The Morgan fingerprint density at radius 1 is 1.00 bits per heavy atom. The third-order valence-corrected chi connectivity index (χ3v) is 8.37. The summed E-state index contributed by atoms with van der Waals surface area (Å²) in [4.78, 5) is 15.9. The highest BCUT2D eigenvalue weighted by molar-refractivity contribution is 6.62. The Balaban J connectivity index is 1.33. The standard InChI is InChI=1S/C30H33BN4O4/c1-18-20(15-26(19(2)27(18)34-35-32)31-38-29(3,4)30(5,6)39-31)16-33-28(36)37-17-25-23-13-9-7-11-21(23)22-12-8-10-14-24(22)25/h7-15,25H,16-17H2,1-6H3,(H,33,36). The van der Waals surface area contributed by atoms with E-state index in [1.54, 1.807) is 0 Å². The summed E-state index contributed by atoms with van der Waals surface area (Å²) in [5, 5.41) is 6.83. The number of benzene rings is 3. The van der Waals surface area contributed by atoms with Crippen molar-refractivity contribution >= 4 is 24.4 Å². The van der Waals surface area contributed by atoms with Crippen LogP contribution in [0.5, 0.6) is 0 Å². The van der Waals surface area contributed by atoms with E-state index >= 15 is 0 Å². The maximum Gasteiger partial charge on any atom is 0.495 e. The molecular formula is C30H33BN4O4. The molecule has 0 spiro atoms. The maximum atomic E-state index is 12.8. The van der Waals surface area contributed by atoms with E-state index in [9.17, 15) is 10.3 Å². The van der Waals surface area contributed by atoms with Gasteiger partial charge >= 0.3 is 13.2 Å². The number of hydrogen-bond donors (Lipinski definition) is 1. The first-order valence-electron chi connectivity index (χ1n) is 13.2. The van der Waals surface area contributed by atoms with Crippen molar-refractivity contribution in [3.05, 3.63) is 92.9 Å². The van der Waals surface area contributed by atoms with Gasteiger partial charge in [0.15, 0.2) is 0 Å². The quantitative estimate of drug-likeness (QED) is 0.170. The van der Waals surface area contributed by atoms with E-state index in [0.29, 0.717) is 5.69 Å². The van der Waals surface area contributed by atoms with Crippen molar-refractivity contribution in [2.75, 3.05) is 6.61 Å². The fourth-order valence-electron chi connectivity index (χ4n) is 5.38. The first-order valence-corrected chi connectivity index (χ1v) is 13.2. The molecule has 8 nitrogen and oxygen atoms in total. The van der Waals surface area contributed by atoms with Crippen LogP contribution in [0.2, 0.25) is 0 Å². The Morgan fingerprint density at radius 3 is 2.13 bits per heavy atom. The molecular weight excluding hydrogens is 491 g/mol. The number of azide groups is 1. The highest BCUT2D eigenvalue weighted by Crippen LogP contribution is 2.44. The SMILES string of the molecule is Cc1c(CNC(=O)OCC2c3ccccc3-c3ccccc32)cc(B2OC(C)(C)C(C)(C)O2)c(C)c1N=[N+]=[N-]. The second kappa shape index (κ2) is 10.1. The predicted octanol–water partition coefficient (Wildman–Crippen LogP) is 6.58. The van der Waals surface area contributed by atoms with Crippen molar-refractivity contribution in [3.63, 3.8) is 0 Å². The summed E-state index contributed by atoms with van der Waals surface area (Å²) in [6.07, 6.45) is -0.514. The number of alkyl carbamates (subject to hydrolysis) is 1. The summed E-state index contributed by atoms with van der Waals surface area (Å²) in [7, 11) is -0.628. The number of carbonyl (C=O) groups excluding carboxylic acids is 1. The minimum atomic E-state index is -0.628. The lowest BCUT2D eigenvalue weighted by Gasteiger charge is -2.32. The number of amides is 1. The molecule has 0 saturated carbocycles. The topological polar surface area (TPSA) is 106 Å². The van der Waals surface area contributed by atoms with Crippen molar-refractivity contribution in [2.24, 2.45) is 5.11 Å². The van der Waals surface area contributed by atoms with Crippen LogP contribution in [0.4, 0.5) is 10.5 Å². The van der Waals surface area contributed by atoms with Gasteiger partial charge in [-0.15, -0.1) is 0 Å². The molecule has 0 bridgehead atoms. The van der Waals surface area contributed by atoms with Crippen LogP contribution in [0.25, 0.3) is 21.6 Å². The van der Waals surface area contributed by atoms with E-state index in [0.717, 1.165) is 33.3 Å². The number of carbonyl (C=O) groups is 1. The highest BCUT2D eigenvalue weighted by atomic mass is 16.7. The molecule has 1 aliphatic heterocycles. The molecule has 5 rings (SSSR count). The number of nitrogens with one attached hydrogen (secondary N) is 1. The van der Waals surface area contributed by atoms with Crippen LogP contribution in [0.3, 0.4) is 0 Å². The molecule has 200 valence electrons. The lowest BCUT2D eigenvalue weighted by atomic mass is 9.74. The average Bonchev–Trinajstić information content (AvgIpc) is 3.33. The van der Waals surface area contributed by atoms with Crippen LogP contribution in [0, 0.1) is 13.8 Å². The Bertz CT molecular complexity index is 1430. The van der Waals surface area contributed by atoms with Gasteiger partial charge in [-0.1, -0.05) is 59.7 Å². The second-order valence-corrected chi connectivity index (χ2v) is 11.2. The van der Waals surface area contributed by atoms with E-state index in [1.807, 2.05) is 71.9 Å². The molecule has 0 radical (unpaired) electrons. The smallest absolute Gasteiger partial charge is 0.449 e. The normalized spacial score (nSPS) is 16.8. The van der Waals surface area contributed by atoms with Crippen LogP contribution in [0.15, 0.2) is 59.7 Å².